The standard InChI is InChI=1S/C11H23NO/c1-5-6-9(4)11(13)10(7-12)8(2)3/h8-10H,5-7,12H2,1-4H3. The Morgan fingerprint density at radius 2 is 1.85 bits per heavy atom. The Morgan fingerprint density at radius 3 is 2.15 bits per heavy atom. The lowest BCUT2D eigenvalue weighted by Crippen LogP contribution is -2.32. The smallest absolute Gasteiger partial charge is 0.140 e. The van der Waals surface area contributed by atoms with Crippen LogP contribution in [-0.4, -0.2) is 12.3 Å². The number of hydrogen-bond acceptors (Lipinski definition) is 2. The van der Waals surface area contributed by atoms with E-state index in [1.54, 1.807) is 0 Å². The van der Waals surface area contributed by atoms with Crippen LogP contribution in [0.25, 0.3) is 0 Å². The third-order valence-electron chi connectivity index (χ3n) is 2.63. The first-order chi connectivity index (χ1) is 6.04. The Kier molecular flexibility index (Phi) is 5.97. The summed E-state index contributed by atoms with van der Waals surface area (Å²) < 4.78 is 0. The van der Waals surface area contributed by atoms with Crippen molar-refractivity contribution in [2.24, 2.45) is 23.5 Å². The summed E-state index contributed by atoms with van der Waals surface area (Å²) in [6, 6.07) is 0. The molecule has 2 heteroatoms. The monoisotopic (exact) mass is 185 g/mol. The number of rotatable bonds is 6. The van der Waals surface area contributed by atoms with E-state index in [1.165, 1.54) is 0 Å². The minimum atomic E-state index is 0.0570. The van der Waals surface area contributed by atoms with Crippen LogP contribution in [0.5, 0.6) is 0 Å². The predicted octanol–water partition coefficient (Wildman–Crippen LogP) is 2.22. The fourth-order valence-corrected chi connectivity index (χ4v) is 1.66. The first kappa shape index (κ1) is 12.6. The van der Waals surface area contributed by atoms with Gasteiger partial charge in [-0.05, 0) is 12.3 Å². The molecule has 2 nitrogen and oxygen atoms in total. The predicted molar refractivity (Wildman–Crippen MR) is 56.5 cm³/mol. The number of carbonyl (C=O) groups excluding carboxylic acids is 1. The summed E-state index contributed by atoms with van der Waals surface area (Å²) in [5.41, 5.74) is 5.59. The van der Waals surface area contributed by atoms with E-state index >= 15 is 0 Å². The van der Waals surface area contributed by atoms with Gasteiger partial charge in [-0.3, -0.25) is 4.79 Å². The number of hydrogen-bond donors (Lipinski definition) is 1. The van der Waals surface area contributed by atoms with Gasteiger partial charge >= 0.3 is 0 Å². The van der Waals surface area contributed by atoms with E-state index in [9.17, 15) is 4.79 Å². The van der Waals surface area contributed by atoms with Gasteiger partial charge in [0.25, 0.3) is 0 Å². The van der Waals surface area contributed by atoms with E-state index in [-0.39, 0.29) is 11.8 Å². The third kappa shape index (κ3) is 3.90. The lowest BCUT2D eigenvalue weighted by molar-refractivity contribution is -0.127. The van der Waals surface area contributed by atoms with Crippen LogP contribution in [0.2, 0.25) is 0 Å². The van der Waals surface area contributed by atoms with Crippen LogP contribution in [0.3, 0.4) is 0 Å². The molecule has 0 rings (SSSR count). The maximum Gasteiger partial charge on any atom is 0.140 e. The van der Waals surface area contributed by atoms with Gasteiger partial charge in [0.2, 0.25) is 0 Å². The van der Waals surface area contributed by atoms with Crippen molar-refractivity contribution in [2.75, 3.05) is 6.54 Å². The van der Waals surface area contributed by atoms with Crippen molar-refractivity contribution >= 4 is 5.78 Å². The van der Waals surface area contributed by atoms with Crippen LogP contribution in [0.4, 0.5) is 0 Å². The lowest BCUT2D eigenvalue weighted by atomic mass is 9.84. The number of carbonyl (C=O) groups is 1. The van der Waals surface area contributed by atoms with E-state index in [1.807, 2.05) is 6.92 Å². The van der Waals surface area contributed by atoms with Gasteiger partial charge in [0.05, 0.1) is 0 Å². The van der Waals surface area contributed by atoms with E-state index in [2.05, 4.69) is 20.8 Å². The highest BCUT2D eigenvalue weighted by Crippen LogP contribution is 2.18. The quantitative estimate of drug-likeness (QED) is 0.689. The highest BCUT2D eigenvalue weighted by atomic mass is 16.1. The van der Waals surface area contributed by atoms with E-state index in [0.717, 1.165) is 12.8 Å². The molecule has 0 amide bonds. The van der Waals surface area contributed by atoms with Crippen molar-refractivity contribution in [3.63, 3.8) is 0 Å². The van der Waals surface area contributed by atoms with Crippen LogP contribution < -0.4 is 5.73 Å². The van der Waals surface area contributed by atoms with Crippen molar-refractivity contribution in [3.8, 4) is 0 Å². The number of ketones is 1. The molecule has 78 valence electrons. The average Bonchev–Trinajstić information content (AvgIpc) is 2.05. The largest absolute Gasteiger partial charge is 0.330 e. The SMILES string of the molecule is CCCC(C)C(=O)C(CN)C(C)C. The third-order valence-corrected chi connectivity index (χ3v) is 2.63. The second-order valence-electron chi connectivity index (χ2n) is 4.18. The summed E-state index contributed by atoms with van der Waals surface area (Å²) in [4.78, 5) is 11.8. The van der Waals surface area contributed by atoms with Crippen molar-refractivity contribution in [1.82, 2.24) is 0 Å². The first-order valence-electron chi connectivity index (χ1n) is 5.28. The van der Waals surface area contributed by atoms with Crippen molar-refractivity contribution in [1.29, 1.82) is 0 Å². The molecule has 0 aromatic rings. The minimum absolute atomic E-state index is 0.0570. The molecule has 0 saturated heterocycles. The molecule has 0 heterocycles. The zero-order valence-corrected chi connectivity index (χ0v) is 9.34. The summed E-state index contributed by atoms with van der Waals surface area (Å²) in [5.74, 6) is 0.957. The van der Waals surface area contributed by atoms with Gasteiger partial charge < -0.3 is 5.73 Å². The maximum absolute atomic E-state index is 11.8. The molecule has 2 N–H and O–H groups in total. The first-order valence-corrected chi connectivity index (χ1v) is 5.28. The van der Waals surface area contributed by atoms with Crippen LogP contribution in [0, 0.1) is 17.8 Å². The van der Waals surface area contributed by atoms with Gasteiger partial charge in [-0.2, -0.15) is 0 Å². The zero-order valence-electron chi connectivity index (χ0n) is 9.34. The van der Waals surface area contributed by atoms with Crippen LogP contribution in [0.1, 0.15) is 40.5 Å². The molecule has 0 aliphatic heterocycles. The molecule has 0 spiro atoms. The second-order valence-corrected chi connectivity index (χ2v) is 4.18. The molecule has 0 bridgehead atoms. The minimum Gasteiger partial charge on any atom is -0.330 e. The highest BCUT2D eigenvalue weighted by molar-refractivity contribution is 5.83. The fourth-order valence-electron chi connectivity index (χ4n) is 1.66. The average molecular weight is 185 g/mol. The Hall–Kier alpha value is -0.370. The summed E-state index contributed by atoms with van der Waals surface area (Å²) in [6.45, 7) is 8.74. The summed E-state index contributed by atoms with van der Waals surface area (Å²) >= 11 is 0. The van der Waals surface area contributed by atoms with Crippen LogP contribution in [-0.2, 0) is 4.79 Å². The Morgan fingerprint density at radius 1 is 1.31 bits per heavy atom. The Balaban J connectivity index is 4.19. The van der Waals surface area contributed by atoms with Gasteiger partial charge in [-0.15, -0.1) is 0 Å². The summed E-state index contributed by atoms with van der Waals surface area (Å²) in [6.07, 6.45) is 2.06. The maximum atomic E-state index is 11.8. The molecular weight excluding hydrogens is 162 g/mol. The molecule has 0 fully saturated rings. The lowest BCUT2D eigenvalue weighted by Gasteiger charge is -2.21. The Labute approximate surface area is 81.9 Å². The van der Waals surface area contributed by atoms with Crippen LogP contribution in [0.15, 0.2) is 0 Å². The zero-order chi connectivity index (χ0) is 10.4. The van der Waals surface area contributed by atoms with Crippen LogP contribution >= 0.6 is 0 Å². The van der Waals surface area contributed by atoms with Gasteiger partial charge in [-0.1, -0.05) is 34.1 Å². The van der Waals surface area contributed by atoms with Crippen molar-refractivity contribution in [3.05, 3.63) is 0 Å². The molecule has 13 heavy (non-hydrogen) atoms. The van der Waals surface area contributed by atoms with Gasteiger partial charge in [0.15, 0.2) is 0 Å². The molecule has 2 unspecified atom stereocenters. The second kappa shape index (κ2) is 6.14. The molecule has 0 aliphatic carbocycles. The fraction of sp³-hybridized carbons (Fsp3) is 0.909. The van der Waals surface area contributed by atoms with E-state index in [4.69, 9.17) is 5.73 Å². The molecule has 2 atom stereocenters. The molecule has 0 radical (unpaired) electrons. The highest BCUT2D eigenvalue weighted by Gasteiger charge is 2.24. The molecule has 0 saturated carbocycles. The summed E-state index contributed by atoms with van der Waals surface area (Å²) in [5, 5.41) is 0. The van der Waals surface area contributed by atoms with Crippen molar-refractivity contribution < 1.29 is 4.79 Å². The van der Waals surface area contributed by atoms with Crippen molar-refractivity contribution in [2.45, 2.75) is 40.5 Å². The number of Topliss-reactive ketones (excluding diaryl/α,β-unsaturated/α-hetero) is 1. The van der Waals surface area contributed by atoms with Gasteiger partial charge in [0.1, 0.15) is 5.78 Å². The molecule has 0 aromatic heterocycles. The normalized spacial score (nSPS) is 15.8. The number of nitrogens with two attached hydrogens (primary N) is 1. The summed E-state index contributed by atoms with van der Waals surface area (Å²) in [7, 11) is 0. The van der Waals surface area contributed by atoms with Gasteiger partial charge in [-0.25, -0.2) is 0 Å². The van der Waals surface area contributed by atoms with Gasteiger partial charge in [0, 0.05) is 18.4 Å². The Bertz CT molecular complexity index is 154. The van der Waals surface area contributed by atoms with E-state index < -0.39 is 0 Å². The molecule has 0 aliphatic rings. The topological polar surface area (TPSA) is 43.1 Å². The molecular formula is C11H23NO. The molecule has 0 aromatic carbocycles. The van der Waals surface area contributed by atoms with E-state index in [0.29, 0.717) is 18.2 Å².